The first-order chi connectivity index (χ1) is 6.61. The van der Waals surface area contributed by atoms with Crippen molar-refractivity contribution in [1.82, 2.24) is 9.55 Å². The largest absolute Gasteiger partial charge is 0.337 e. The van der Waals surface area contributed by atoms with Crippen LogP contribution in [0.3, 0.4) is 0 Å². The van der Waals surface area contributed by atoms with E-state index in [-0.39, 0.29) is 6.04 Å². The van der Waals surface area contributed by atoms with Gasteiger partial charge in [-0.1, -0.05) is 26.7 Å². The van der Waals surface area contributed by atoms with Crippen LogP contribution < -0.4 is 5.73 Å². The van der Waals surface area contributed by atoms with Crippen LogP contribution in [0.25, 0.3) is 0 Å². The highest BCUT2D eigenvalue weighted by Gasteiger charge is 2.10. The molecule has 0 spiro atoms. The van der Waals surface area contributed by atoms with Crippen LogP contribution in [0.15, 0.2) is 12.4 Å². The fourth-order valence-corrected chi connectivity index (χ4v) is 1.61. The van der Waals surface area contributed by atoms with Crippen molar-refractivity contribution in [1.29, 1.82) is 0 Å². The predicted molar refractivity (Wildman–Crippen MR) is 58.8 cm³/mol. The fraction of sp³-hybridized carbons (Fsp3) is 0.727. The summed E-state index contributed by atoms with van der Waals surface area (Å²) in [5, 5.41) is 0. The Morgan fingerprint density at radius 3 is 2.64 bits per heavy atom. The molecule has 1 aromatic heterocycles. The predicted octanol–water partition coefficient (Wildman–Crippen LogP) is 2.25. The topological polar surface area (TPSA) is 43.8 Å². The van der Waals surface area contributed by atoms with E-state index in [1.807, 2.05) is 17.8 Å². The molecule has 14 heavy (non-hydrogen) atoms. The first-order valence-electron chi connectivity index (χ1n) is 5.34. The van der Waals surface area contributed by atoms with Crippen LogP contribution in [0.5, 0.6) is 0 Å². The molecule has 0 amide bonds. The maximum Gasteiger partial charge on any atom is 0.125 e. The number of nitrogens with zero attached hydrogens (tertiary/aromatic N) is 2. The number of rotatable bonds is 5. The van der Waals surface area contributed by atoms with Gasteiger partial charge in [-0.05, 0) is 12.3 Å². The highest BCUT2D eigenvalue weighted by molar-refractivity contribution is 4.97. The molecule has 0 radical (unpaired) electrons. The van der Waals surface area contributed by atoms with E-state index in [1.54, 1.807) is 6.20 Å². The molecule has 3 nitrogen and oxygen atoms in total. The minimum absolute atomic E-state index is 0.0914. The van der Waals surface area contributed by atoms with Crippen molar-refractivity contribution in [3.05, 3.63) is 18.2 Å². The summed E-state index contributed by atoms with van der Waals surface area (Å²) < 4.78 is 2.00. The van der Waals surface area contributed by atoms with Gasteiger partial charge in [0.1, 0.15) is 5.82 Å². The van der Waals surface area contributed by atoms with Crippen molar-refractivity contribution >= 4 is 0 Å². The minimum Gasteiger partial charge on any atom is -0.337 e. The maximum atomic E-state index is 6.04. The third kappa shape index (κ3) is 3.14. The van der Waals surface area contributed by atoms with E-state index < -0.39 is 0 Å². The molecular weight excluding hydrogens is 174 g/mol. The van der Waals surface area contributed by atoms with E-state index in [4.69, 9.17) is 5.73 Å². The molecule has 1 aromatic rings. The Labute approximate surface area is 86.3 Å². The average molecular weight is 195 g/mol. The third-order valence-electron chi connectivity index (χ3n) is 2.49. The number of nitrogens with two attached hydrogens (primary N) is 1. The summed E-state index contributed by atoms with van der Waals surface area (Å²) in [5.74, 6) is 1.76. The molecule has 0 bridgehead atoms. The molecule has 1 rings (SSSR count). The van der Waals surface area contributed by atoms with Gasteiger partial charge in [-0.15, -0.1) is 0 Å². The van der Waals surface area contributed by atoms with Gasteiger partial charge in [-0.2, -0.15) is 0 Å². The Hall–Kier alpha value is -0.830. The monoisotopic (exact) mass is 195 g/mol. The van der Waals surface area contributed by atoms with Crippen LogP contribution in [-0.4, -0.2) is 9.55 Å². The van der Waals surface area contributed by atoms with Crippen molar-refractivity contribution < 1.29 is 0 Å². The number of aryl methyl sites for hydroxylation is 1. The van der Waals surface area contributed by atoms with Crippen LogP contribution >= 0.6 is 0 Å². The van der Waals surface area contributed by atoms with Crippen LogP contribution in [0.1, 0.15) is 45.0 Å². The number of aromatic nitrogens is 2. The zero-order valence-electron chi connectivity index (χ0n) is 9.40. The molecule has 1 atom stereocenters. The highest BCUT2D eigenvalue weighted by Crippen LogP contribution is 2.16. The Morgan fingerprint density at radius 2 is 2.14 bits per heavy atom. The Morgan fingerprint density at radius 1 is 1.43 bits per heavy atom. The van der Waals surface area contributed by atoms with Gasteiger partial charge in [0.2, 0.25) is 0 Å². The van der Waals surface area contributed by atoms with Gasteiger partial charge in [-0.25, -0.2) is 4.98 Å². The molecule has 3 heteroatoms. The number of hydrogen-bond acceptors (Lipinski definition) is 2. The van der Waals surface area contributed by atoms with Gasteiger partial charge in [0.25, 0.3) is 0 Å². The van der Waals surface area contributed by atoms with Crippen molar-refractivity contribution in [3.8, 4) is 0 Å². The molecule has 2 N–H and O–H groups in total. The van der Waals surface area contributed by atoms with Crippen molar-refractivity contribution in [2.45, 2.75) is 39.2 Å². The fourth-order valence-electron chi connectivity index (χ4n) is 1.61. The summed E-state index contributed by atoms with van der Waals surface area (Å²) in [5.41, 5.74) is 6.04. The van der Waals surface area contributed by atoms with E-state index in [1.165, 1.54) is 12.8 Å². The summed E-state index contributed by atoms with van der Waals surface area (Å²) >= 11 is 0. The van der Waals surface area contributed by atoms with Gasteiger partial charge >= 0.3 is 0 Å². The minimum atomic E-state index is 0.0914. The molecule has 0 aliphatic heterocycles. The van der Waals surface area contributed by atoms with Gasteiger partial charge in [-0.3, -0.25) is 0 Å². The van der Waals surface area contributed by atoms with E-state index in [0.717, 1.165) is 18.2 Å². The van der Waals surface area contributed by atoms with Crippen molar-refractivity contribution in [3.63, 3.8) is 0 Å². The van der Waals surface area contributed by atoms with E-state index in [9.17, 15) is 0 Å². The lowest BCUT2D eigenvalue weighted by Crippen LogP contribution is -2.15. The summed E-state index contributed by atoms with van der Waals surface area (Å²) in [6.45, 7) is 4.48. The second-order valence-corrected chi connectivity index (χ2v) is 4.33. The summed E-state index contributed by atoms with van der Waals surface area (Å²) in [4.78, 5) is 4.25. The zero-order valence-corrected chi connectivity index (χ0v) is 9.40. The molecule has 1 unspecified atom stereocenters. The van der Waals surface area contributed by atoms with Crippen LogP contribution in [0, 0.1) is 5.92 Å². The van der Waals surface area contributed by atoms with Crippen molar-refractivity contribution in [2.24, 2.45) is 18.7 Å². The summed E-state index contributed by atoms with van der Waals surface area (Å²) in [7, 11) is 1.99. The molecule has 0 aromatic carbocycles. The number of imidazole rings is 1. The maximum absolute atomic E-state index is 6.04. The van der Waals surface area contributed by atoms with Gasteiger partial charge in [0, 0.05) is 19.4 Å². The highest BCUT2D eigenvalue weighted by atomic mass is 15.1. The second-order valence-electron chi connectivity index (χ2n) is 4.33. The SMILES string of the molecule is CC(C)CCCC(N)c1nccn1C. The normalized spacial score (nSPS) is 13.5. The quantitative estimate of drug-likeness (QED) is 0.783. The van der Waals surface area contributed by atoms with Gasteiger partial charge in [0.05, 0.1) is 6.04 Å². The average Bonchev–Trinajstić information content (AvgIpc) is 2.50. The second kappa shape index (κ2) is 5.15. The number of hydrogen-bond donors (Lipinski definition) is 1. The van der Waals surface area contributed by atoms with Crippen molar-refractivity contribution in [2.75, 3.05) is 0 Å². The molecule has 0 aliphatic rings. The molecule has 0 fully saturated rings. The Bertz CT molecular complexity index is 265. The third-order valence-corrected chi connectivity index (χ3v) is 2.49. The van der Waals surface area contributed by atoms with Gasteiger partial charge in [0.15, 0.2) is 0 Å². The van der Waals surface area contributed by atoms with Crippen LogP contribution in [0.4, 0.5) is 0 Å². The van der Waals surface area contributed by atoms with E-state index in [2.05, 4.69) is 18.8 Å². The standard InChI is InChI=1S/C11H21N3/c1-9(2)5-4-6-10(12)11-13-7-8-14(11)3/h7-10H,4-6,12H2,1-3H3. The Balaban J connectivity index is 2.36. The summed E-state index contributed by atoms with van der Waals surface area (Å²) in [6.07, 6.45) is 7.21. The first kappa shape index (κ1) is 11.2. The molecular formula is C11H21N3. The first-order valence-corrected chi connectivity index (χ1v) is 5.34. The molecule has 0 saturated carbocycles. The molecule has 80 valence electrons. The van der Waals surface area contributed by atoms with Crippen LogP contribution in [0.2, 0.25) is 0 Å². The lowest BCUT2D eigenvalue weighted by Gasteiger charge is -2.12. The molecule has 1 heterocycles. The van der Waals surface area contributed by atoms with E-state index >= 15 is 0 Å². The summed E-state index contributed by atoms with van der Waals surface area (Å²) in [6, 6.07) is 0.0914. The van der Waals surface area contributed by atoms with Crippen LogP contribution in [-0.2, 0) is 7.05 Å². The smallest absolute Gasteiger partial charge is 0.125 e. The Kier molecular flexibility index (Phi) is 4.14. The van der Waals surface area contributed by atoms with E-state index in [0.29, 0.717) is 0 Å². The lowest BCUT2D eigenvalue weighted by atomic mass is 10.0. The zero-order chi connectivity index (χ0) is 10.6. The lowest BCUT2D eigenvalue weighted by molar-refractivity contribution is 0.490. The molecule has 0 aliphatic carbocycles. The molecule has 0 saturated heterocycles. The van der Waals surface area contributed by atoms with Gasteiger partial charge < -0.3 is 10.3 Å².